The first-order valence-electron chi connectivity index (χ1n) is 5.75. The molecule has 1 aromatic carbocycles. The maximum Gasteiger partial charge on any atom is 0.143 e. The van der Waals surface area contributed by atoms with E-state index in [4.69, 9.17) is 4.74 Å². The number of fused-ring (bicyclic) bond motifs is 1. The number of hydrogen-bond donors (Lipinski definition) is 1. The molecule has 2 atom stereocenters. The van der Waals surface area contributed by atoms with Crippen molar-refractivity contribution >= 4 is 0 Å². The van der Waals surface area contributed by atoms with E-state index in [0.29, 0.717) is 17.7 Å². The molecule has 94 valence electrons. The molecule has 2 heterocycles. The summed E-state index contributed by atoms with van der Waals surface area (Å²) in [5.41, 5.74) is 1.50. The molecule has 0 spiro atoms. The number of aromatic nitrogens is 2. The zero-order valence-electron chi connectivity index (χ0n) is 9.88. The molecule has 0 saturated carbocycles. The molecular weight excluding hydrogens is 235 g/mol. The van der Waals surface area contributed by atoms with Crippen LogP contribution in [0, 0.1) is 5.82 Å². The van der Waals surface area contributed by atoms with Crippen LogP contribution in [0.1, 0.15) is 29.9 Å². The van der Waals surface area contributed by atoms with Crippen molar-refractivity contribution in [3.05, 3.63) is 47.8 Å². The number of ether oxygens (including phenoxy) is 1. The van der Waals surface area contributed by atoms with Gasteiger partial charge >= 0.3 is 0 Å². The molecule has 1 aliphatic heterocycles. The van der Waals surface area contributed by atoms with E-state index in [2.05, 4.69) is 4.98 Å². The summed E-state index contributed by atoms with van der Waals surface area (Å²) in [7, 11) is 1.86. The molecule has 0 aliphatic carbocycles. The number of imidazole rings is 1. The van der Waals surface area contributed by atoms with Gasteiger partial charge in [0.2, 0.25) is 0 Å². The summed E-state index contributed by atoms with van der Waals surface area (Å²) in [5.74, 6) is 0.0338. The summed E-state index contributed by atoms with van der Waals surface area (Å²) in [6.45, 7) is 0. The lowest BCUT2D eigenvalue weighted by atomic mass is 9.97. The first-order valence-corrected chi connectivity index (χ1v) is 5.75. The summed E-state index contributed by atoms with van der Waals surface area (Å²) in [6.07, 6.45) is 2.86. The maximum atomic E-state index is 13.2. The van der Waals surface area contributed by atoms with E-state index >= 15 is 0 Å². The number of benzene rings is 1. The van der Waals surface area contributed by atoms with Gasteiger partial charge in [0, 0.05) is 25.1 Å². The molecule has 4 nitrogen and oxygen atoms in total. The highest BCUT2D eigenvalue weighted by atomic mass is 19.1. The fourth-order valence-electron chi connectivity index (χ4n) is 2.28. The van der Waals surface area contributed by atoms with Gasteiger partial charge in [-0.15, -0.1) is 0 Å². The Balaban J connectivity index is 1.98. The van der Waals surface area contributed by atoms with Crippen molar-refractivity contribution in [1.82, 2.24) is 9.55 Å². The van der Waals surface area contributed by atoms with E-state index in [-0.39, 0.29) is 11.9 Å². The Morgan fingerprint density at radius 3 is 3.06 bits per heavy atom. The number of aliphatic hydroxyl groups excluding tert-OH is 1. The van der Waals surface area contributed by atoms with Crippen molar-refractivity contribution in [1.29, 1.82) is 0 Å². The van der Waals surface area contributed by atoms with Crippen molar-refractivity contribution in [3.63, 3.8) is 0 Å². The highest BCUT2D eigenvalue weighted by molar-refractivity contribution is 5.38. The second kappa shape index (κ2) is 4.10. The lowest BCUT2D eigenvalue weighted by Crippen LogP contribution is -2.20. The molecule has 0 saturated heterocycles. The van der Waals surface area contributed by atoms with Crippen LogP contribution in [0.4, 0.5) is 4.39 Å². The lowest BCUT2D eigenvalue weighted by molar-refractivity contribution is 0.0619. The van der Waals surface area contributed by atoms with Crippen molar-refractivity contribution in [2.75, 3.05) is 0 Å². The van der Waals surface area contributed by atoms with Crippen LogP contribution < -0.4 is 4.74 Å². The van der Waals surface area contributed by atoms with Gasteiger partial charge in [0.1, 0.15) is 17.7 Å². The molecule has 0 fully saturated rings. The Morgan fingerprint density at radius 2 is 2.33 bits per heavy atom. The van der Waals surface area contributed by atoms with E-state index in [1.165, 1.54) is 12.1 Å². The van der Waals surface area contributed by atoms with Crippen LogP contribution in [0.3, 0.4) is 0 Å². The molecule has 0 amide bonds. The van der Waals surface area contributed by atoms with Crippen LogP contribution in [-0.4, -0.2) is 14.7 Å². The summed E-state index contributed by atoms with van der Waals surface area (Å²) < 4.78 is 20.8. The normalized spacial score (nSPS) is 22.4. The Bertz CT molecular complexity index is 582. The van der Waals surface area contributed by atoms with Gasteiger partial charge in [-0.25, -0.2) is 9.37 Å². The Labute approximate surface area is 104 Å². The minimum Gasteiger partial charge on any atom is -0.484 e. The monoisotopic (exact) mass is 248 g/mol. The number of hydrogen-bond acceptors (Lipinski definition) is 3. The molecule has 0 radical (unpaired) electrons. The van der Waals surface area contributed by atoms with Crippen LogP contribution in [-0.2, 0) is 7.05 Å². The van der Waals surface area contributed by atoms with Gasteiger partial charge in [0.15, 0.2) is 0 Å². The first-order chi connectivity index (χ1) is 8.65. The third kappa shape index (κ3) is 1.76. The highest BCUT2D eigenvalue weighted by Gasteiger charge is 2.29. The highest BCUT2D eigenvalue weighted by Crippen LogP contribution is 2.40. The molecule has 0 bridgehead atoms. The second-order valence-corrected chi connectivity index (χ2v) is 4.47. The Kier molecular flexibility index (Phi) is 2.56. The molecule has 18 heavy (non-hydrogen) atoms. The maximum absolute atomic E-state index is 13.2. The topological polar surface area (TPSA) is 47.3 Å². The van der Waals surface area contributed by atoms with Crippen LogP contribution >= 0.6 is 0 Å². The molecule has 5 heteroatoms. The smallest absolute Gasteiger partial charge is 0.143 e. The van der Waals surface area contributed by atoms with Gasteiger partial charge in [0.25, 0.3) is 0 Å². The van der Waals surface area contributed by atoms with Crippen molar-refractivity contribution < 1.29 is 14.2 Å². The van der Waals surface area contributed by atoms with E-state index in [1.807, 2.05) is 11.6 Å². The number of halogens is 1. The van der Waals surface area contributed by atoms with Crippen molar-refractivity contribution in [2.45, 2.75) is 18.6 Å². The lowest BCUT2D eigenvalue weighted by Gasteiger charge is -2.29. The van der Waals surface area contributed by atoms with Crippen LogP contribution in [0.5, 0.6) is 5.75 Å². The largest absolute Gasteiger partial charge is 0.484 e. The quantitative estimate of drug-likeness (QED) is 0.840. The van der Waals surface area contributed by atoms with Crippen LogP contribution in [0.2, 0.25) is 0 Å². The average Bonchev–Trinajstić information content (AvgIpc) is 2.74. The van der Waals surface area contributed by atoms with Gasteiger partial charge < -0.3 is 14.4 Å². The number of nitrogens with zero attached hydrogens (tertiary/aromatic N) is 2. The molecule has 1 aliphatic rings. The molecule has 1 aromatic heterocycles. The summed E-state index contributed by atoms with van der Waals surface area (Å²) in [5, 5.41) is 10.1. The third-order valence-corrected chi connectivity index (χ3v) is 3.23. The predicted molar refractivity (Wildman–Crippen MR) is 62.6 cm³/mol. The average molecular weight is 248 g/mol. The number of aliphatic hydroxyl groups is 1. The summed E-state index contributed by atoms with van der Waals surface area (Å²) in [6, 6.07) is 4.20. The van der Waals surface area contributed by atoms with Crippen molar-refractivity contribution in [3.8, 4) is 5.75 Å². The van der Waals surface area contributed by atoms with Gasteiger partial charge in [-0.05, 0) is 12.1 Å². The fourth-order valence-corrected chi connectivity index (χ4v) is 2.28. The van der Waals surface area contributed by atoms with Crippen molar-refractivity contribution in [2.24, 2.45) is 7.05 Å². The number of aryl methyl sites for hydroxylation is 1. The molecule has 3 rings (SSSR count). The van der Waals surface area contributed by atoms with Gasteiger partial charge in [0.05, 0.1) is 24.3 Å². The van der Waals surface area contributed by atoms with Gasteiger partial charge in [-0.3, -0.25) is 0 Å². The fraction of sp³-hybridized carbons (Fsp3) is 0.308. The standard InChI is InChI=1S/C13H13FN2O2/c1-16-7-15-6-10(16)13-5-11(17)9-3-2-8(14)4-12(9)18-13/h2-4,6-7,11,13,17H,5H2,1H3. The van der Waals surface area contributed by atoms with E-state index < -0.39 is 6.10 Å². The Morgan fingerprint density at radius 1 is 1.50 bits per heavy atom. The minimum atomic E-state index is -0.644. The van der Waals surface area contributed by atoms with E-state index in [9.17, 15) is 9.50 Å². The summed E-state index contributed by atoms with van der Waals surface area (Å²) >= 11 is 0. The zero-order valence-corrected chi connectivity index (χ0v) is 9.88. The van der Waals surface area contributed by atoms with Crippen LogP contribution in [0.25, 0.3) is 0 Å². The van der Waals surface area contributed by atoms with Gasteiger partial charge in [-0.2, -0.15) is 0 Å². The molecule has 2 unspecified atom stereocenters. The van der Waals surface area contributed by atoms with Gasteiger partial charge in [-0.1, -0.05) is 0 Å². The minimum absolute atomic E-state index is 0.304. The first kappa shape index (κ1) is 11.2. The predicted octanol–water partition coefficient (Wildman–Crippen LogP) is 2.12. The van der Waals surface area contributed by atoms with E-state index in [0.717, 1.165) is 5.69 Å². The molecular formula is C13H13FN2O2. The number of rotatable bonds is 1. The third-order valence-electron chi connectivity index (χ3n) is 3.23. The Hall–Kier alpha value is -1.88. The second-order valence-electron chi connectivity index (χ2n) is 4.47. The van der Waals surface area contributed by atoms with Crippen LogP contribution in [0.15, 0.2) is 30.7 Å². The molecule has 2 aromatic rings. The SMILES string of the molecule is Cn1cncc1C1CC(O)c2ccc(F)cc2O1. The van der Waals surface area contributed by atoms with E-state index in [1.54, 1.807) is 18.6 Å². The zero-order chi connectivity index (χ0) is 12.7. The molecule has 1 N–H and O–H groups in total. The summed E-state index contributed by atoms with van der Waals surface area (Å²) in [4.78, 5) is 4.02.